The van der Waals surface area contributed by atoms with Crippen molar-refractivity contribution in [2.24, 2.45) is 0 Å². The van der Waals surface area contributed by atoms with E-state index in [2.05, 4.69) is 56.5 Å². The molecule has 1 atom stereocenters. The average Bonchev–Trinajstić information content (AvgIpc) is 3.41. The largest absolute Gasteiger partial charge is 0.497 e. The van der Waals surface area contributed by atoms with E-state index in [1.165, 1.54) is 27.8 Å². The Balaban J connectivity index is 1.55. The van der Waals surface area contributed by atoms with E-state index in [-0.39, 0.29) is 11.8 Å². The van der Waals surface area contributed by atoms with Crippen molar-refractivity contribution in [3.05, 3.63) is 88.2 Å². The van der Waals surface area contributed by atoms with Crippen LogP contribution in [0.3, 0.4) is 0 Å². The van der Waals surface area contributed by atoms with Crippen LogP contribution in [-0.4, -0.2) is 29.1 Å². The zero-order valence-corrected chi connectivity index (χ0v) is 20.6. The Labute approximate surface area is 201 Å². The molecule has 174 valence electrons. The number of rotatable bonds is 5. The van der Waals surface area contributed by atoms with Gasteiger partial charge in [-0.3, -0.25) is 4.79 Å². The first-order valence-corrected chi connectivity index (χ1v) is 11.8. The lowest BCUT2D eigenvalue weighted by atomic mass is 9.94. The second-order valence-electron chi connectivity index (χ2n) is 9.39. The van der Waals surface area contributed by atoms with Crippen LogP contribution in [0.1, 0.15) is 46.0 Å². The smallest absolute Gasteiger partial charge is 0.227 e. The van der Waals surface area contributed by atoms with Gasteiger partial charge < -0.3 is 14.2 Å². The third kappa shape index (κ3) is 3.75. The number of aromatic nitrogens is 2. The lowest BCUT2D eigenvalue weighted by Gasteiger charge is -2.20. The number of hydrogen-bond acceptors (Lipinski definition) is 3. The van der Waals surface area contributed by atoms with Crippen LogP contribution in [0.2, 0.25) is 0 Å². The zero-order valence-electron chi connectivity index (χ0n) is 20.6. The molecule has 1 amide bonds. The second-order valence-corrected chi connectivity index (χ2v) is 9.39. The number of aryl methyl sites for hydroxylation is 2. The maximum atomic E-state index is 13.1. The Morgan fingerprint density at radius 1 is 0.971 bits per heavy atom. The van der Waals surface area contributed by atoms with E-state index in [1.54, 1.807) is 7.11 Å². The number of benzene rings is 3. The second kappa shape index (κ2) is 8.64. The van der Waals surface area contributed by atoms with Gasteiger partial charge in [-0.05, 0) is 91.9 Å². The van der Waals surface area contributed by atoms with Crippen molar-refractivity contribution >= 4 is 22.6 Å². The fourth-order valence-electron chi connectivity index (χ4n) is 5.16. The van der Waals surface area contributed by atoms with Gasteiger partial charge in [-0.15, -0.1) is 0 Å². The number of nitrogens with zero attached hydrogens (tertiary/aromatic N) is 3. The maximum Gasteiger partial charge on any atom is 0.227 e. The number of carbonyl (C=O) groups is 1. The molecule has 4 aromatic rings. The third-order valence-electron chi connectivity index (χ3n) is 7.40. The molecule has 0 radical (unpaired) electrons. The van der Waals surface area contributed by atoms with E-state index in [0.29, 0.717) is 13.0 Å². The number of para-hydroxylation sites is 2. The molecule has 0 saturated carbocycles. The molecule has 1 aliphatic rings. The molecule has 1 aliphatic heterocycles. The van der Waals surface area contributed by atoms with Crippen LogP contribution in [-0.2, 0) is 11.3 Å². The normalized spacial score (nSPS) is 16.0. The predicted molar refractivity (Wildman–Crippen MR) is 137 cm³/mol. The Bertz CT molecular complexity index is 1360. The number of fused-ring (bicyclic) bond motifs is 1. The lowest BCUT2D eigenvalue weighted by molar-refractivity contribution is -0.117. The molecule has 5 heteroatoms. The SMILES string of the molecule is COc1ccc(N2C[C@H](c3nc4ccccc4n3Cc3c(C)c(C)cc(C)c3C)CC2=O)cc1. The van der Waals surface area contributed by atoms with Gasteiger partial charge in [0.2, 0.25) is 5.91 Å². The number of imidazole rings is 1. The molecule has 0 aliphatic carbocycles. The highest BCUT2D eigenvalue weighted by Crippen LogP contribution is 2.35. The highest BCUT2D eigenvalue weighted by molar-refractivity contribution is 5.96. The molecule has 1 saturated heterocycles. The first-order valence-electron chi connectivity index (χ1n) is 11.8. The van der Waals surface area contributed by atoms with Crippen molar-refractivity contribution < 1.29 is 9.53 Å². The molecule has 0 spiro atoms. The summed E-state index contributed by atoms with van der Waals surface area (Å²) < 4.78 is 7.61. The van der Waals surface area contributed by atoms with Crippen molar-refractivity contribution in [3.8, 4) is 5.75 Å². The highest BCUT2D eigenvalue weighted by Gasteiger charge is 2.35. The number of ether oxygens (including phenoxy) is 1. The van der Waals surface area contributed by atoms with Gasteiger partial charge in [0.1, 0.15) is 11.6 Å². The van der Waals surface area contributed by atoms with Gasteiger partial charge in [0.25, 0.3) is 0 Å². The topological polar surface area (TPSA) is 47.4 Å². The molecular weight excluding hydrogens is 422 g/mol. The summed E-state index contributed by atoms with van der Waals surface area (Å²) in [6, 6.07) is 18.3. The minimum absolute atomic E-state index is 0.0357. The molecule has 0 bridgehead atoms. The van der Waals surface area contributed by atoms with Crippen molar-refractivity contribution in [1.82, 2.24) is 9.55 Å². The molecule has 34 heavy (non-hydrogen) atoms. The van der Waals surface area contributed by atoms with Gasteiger partial charge in [-0.2, -0.15) is 0 Å². The summed E-state index contributed by atoms with van der Waals surface area (Å²) in [6.07, 6.45) is 0.458. The molecule has 0 unspecified atom stereocenters. The number of amides is 1. The van der Waals surface area contributed by atoms with Crippen molar-refractivity contribution in [2.45, 2.75) is 46.6 Å². The monoisotopic (exact) mass is 453 g/mol. The molecule has 0 N–H and O–H groups in total. The summed E-state index contributed by atoms with van der Waals surface area (Å²) in [6.45, 7) is 10.2. The van der Waals surface area contributed by atoms with Gasteiger partial charge in [0, 0.05) is 31.1 Å². The van der Waals surface area contributed by atoms with Crippen LogP contribution in [0.4, 0.5) is 5.69 Å². The van der Waals surface area contributed by atoms with Crippen LogP contribution >= 0.6 is 0 Å². The first kappa shape index (κ1) is 22.2. The van der Waals surface area contributed by atoms with E-state index in [4.69, 9.17) is 9.72 Å². The third-order valence-corrected chi connectivity index (χ3v) is 7.40. The van der Waals surface area contributed by atoms with Crippen LogP contribution in [0.15, 0.2) is 54.6 Å². The molecule has 5 rings (SSSR count). The van der Waals surface area contributed by atoms with Crippen LogP contribution in [0, 0.1) is 27.7 Å². The minimum atomic E-state index is 0.0357. The average molecular weight is 454 g/mol. The van der Waals surface area contributed by atoms with Gasteiger partial charge >= 0.3 is 0 Å². The van der Waals surface area contributed by atoms with Crippen LogP contribution in [0.25, 0.3) is 11.0 Å². The van der Waals surface area contributed by atoms with Gasteiger partial charge in [0.05, 0.1) is 18.1 Å². The van der Waals surface area contributed by atoms with Crippen molar-refractivity contribution in [2.75, 3.05) is 18.6 Å². The Morgan fingerprint density at radius 2 is 1.65 bits per heavy atom. The highest BCUT2D eigenvalue weighted by atomic mass is 16.5. The summed E-state index contributed by atoms with van der Waals surface area (Å²) in [7, 11) is 1.65. The Hall–Kier alpha value is -3.60. The van der Waals surface area contributed by atoms with E-state index < -0.39 is 0 Å². The fraction of sp³-hybridized carbons (Fsp3) is 0.310. The van der Waals surface area contributed by atoms with E-state index in [1.807, 2.05) is 35.2 Å². The number of carbonyl (C=O) groups excluding carboxylic acids is 1. The van der Waals surface area contributed by atoms with E-state index in [0.717, 1.165) is 34.8 Å². The van der Waals surface area contributed by atoms with Gasteiger partial charge in [-0.25, -0.2) is 4.98 Å². The zero-order chi connectivity index (χ0) is 24.0. The summed E-state index contributed by atoms with van der Waals surface area (Å²) in [5.41, 5.74) is 9.62. The van der Waals surface area contributed by atoms with Crippen molar-refractivity contribution in [1.29, 1.82) is 0 Å². The van der Waals surface area contributed by atoms with Crippen LogP contribution < -0.4 is 9.64 Å². The first-order chi connectivity index (χ1) is 16.4. The van der Waals surface area contributed by atoms with Gasteiger partial charge in [0.15, 0.2) is 0 Å². The fourth-order valence-corrected chi connectivity index (χ4v) is 5.16. The summed E-state index contributed by atoms with van der Waals surface area (Å²) in [5.74, 6) is 1.94. The number of anilines is 1. The summed E-state index contributed by atoms with van der Waals surface area (Å²) in [4.78, 5) is 20.0. The molecule has 1 aromatic heterocycles. The molecule has 5 nitrogen and oxygen atoms in total. The van der Waals surface area contributed by atoms with Crippen molar-refractivity contribution in [3.63, 3.8) is 0 Å². The molecule has 3 aromatic carbocycles. The molecular formula is C29H31N3O2. The minimum Gasteiger partial charge on any atom is -0.497 e. The lowest BCUT2D eigenvalue weighted by Crippen LogP contribution is -2.24. The standard InChI is InChI=1S/C29H31N3O2/c1-18-14-19(2)21(4)25(20(18)3)17-32-27-9-7-6-8-26(27)30-29(32)22-15-28(33)31(16-22)23-10-12-24(34-5)13-11-23/h6-14,22H,15-17H2,1-5H3/t22-/m1/s1. The molecule has 1 fully saturated rings. The number of methoxy groups -OCH3 is 1. The van der Waals surface area contributed by atoms with E-state index >= 15 is 0 Å². The quantitative estimate of drug-likeness (QED) is 0.381. The van der Waals surface area contributed by atoms with Gasteiger partial charge in [-0.1, -0.05) is 18.2 Å². The predicted octanol–water partition coefficient (Wildman–Crippen LogP) is 5.85. The van der Waals surface area contributed by atoms with Crippen LogP contribution in [0.5, 0.6) is 5.75 Å². The summed E-state index contributed by atoms with van der Waals surface area (Å²) in [5, 5.41) is 0. The van der Waals surface area contributed by atoms with E-state index in [9.17, 15) is 4.79 Å². The number of hydrogen-bond donors (Lipinski definition) is 0. The summed E-state index contributed by atoms with van der Waals surface area (Å²) >= 11 is 0. The molecule has 2 heterocycles. The maximum absolute atomic E-state index is 13.1. The Kier molecular flexibility index (Phi) is 5.64. The Morgan fingerprint density at radius 3 is 2.32 bits per heavy atom.